The number of rotatable bonds is 5. The van der Waals surface area contributed by atoms with Crippen LogP contribution in [0, 0.1) is 64.6 Å². The van der Waals surface area contributed by atoms with E-state index < -0.39 is 53.6 Å². The van der Waals surface area contributed by atoms with Crippen molar-refractivity contribution in [2.45, 2.75) is 209 Å². The number of methoxy groups -OCH3 is 2. The predicted octanol–water partition coefficient (Wildman–Crippen LogP) is 13.1. The molecule has 6 rings (SSSR count). The molecule has 6 fully saturated rings. The first kappa shape index (κ1) is 74.0. The molecule has 448 valence electrons. The van der Waals surface area contributed by atoms with Gasteiger partial charge < -0.3 is 34.3 Å². The van der Waals surface area contributed by atoms with Crippen molar-refractivity contribution >= 4 is 35.8 Å². The molecule has 25 heteroatoms. The second-order valence-corrected chi connectivity index (χ2v) is 20.7. The Morgan fingerprint density at radius 2 is 0.711 bits per heavy atom. The number of carbonyl (C=O) groups is 6. The molecule has 8 atom stereocenters. The fourth-order valence-corrected chi connectivity index (χ4v) is 9.47. The highest BCUT2D eigenvalue weighted by atomic mass is 19.4. The lowest BCUT2D eigenvalue weighted by Crippen LogP contribution is -2.54. The van der Waals surface area contributed by atoms with E-state index in [1.165, 1.54) is 60.2 Å². The Labute approximate surface area is 438 Å². The molecule has 0 aromatic heterocycles. The molecular formula is C51H82F12O13. The van der Waals surface area contributed by atoms with Crippen LogP contribution in [0.1, 0.15) is 166 Å². The van der Waals surface area contributed by atoms with Crippen LogP contribution in [-0.4, -0.2) is 108 Å². The highest BCUT2D eigenvalue weighted by Gasteiger charge is 2.67. The lowest BCUT2D eigenvalue weighted by atomic mass is 9.79. The molecule has 0 radical (unpaired) electrons. The van der Waals surface area contributed by atoms with Crippen molar-refractivity contribution in [3.8, 4) is 0 Å². The number of ether oxygens (including phenoxy) is 4. The Bertz CT molecular complexity index is 1680. The summed E-state index contributed by atoms with van der Waals surface area (Å²) in [4.78, 5) is 64.4. The van der Waals surface area contributed by atoms with Gasteiger partial charge in [-0.25, -0.2) is 0 Å². The summed E-state index contributed by atoms with van der Waals surface area (Å²) in [7, 11) is 2.70. The van der Waals surface area contributed by atoms with Gasteiger partial charge >= 0.3 is 54.6 Å². The van der Waals surface area contributed by atoms with Crippen LogP contribution < -0.4 is 0 Å². The number of carboxylic acids is 2. The van der Waals surface area contributed by atoms with Gasteiger partial charge in [-0.1, -0.05) is 34.6 Å². The summed E-state index contributed by atoms with van der Waals surface area (Å²) in [6, 6.07) is 0. The number of aliphatic carboxylic acids is 2. The van der Waals surface area contributed by atoms with Crippen molar-refractivity contribution < 1.29 is 116 Å². The molecule has 0 heterocycles. The normalized spacial score (nSPS) is 28.3. The maximum absolute atomic E-state index is 12.4. The Kier molecular flexibility index (Phi) is 31.3. The summed E-state index contributed by atoms with van der Waals surface area (Å²) in [5, 5.41) is 24.7. The largest absolute Gasteiger partial charge is 0.481 e. The molecule has 6 aliphatic rings. The van der Waals surface area contributed by atoms with Crippen molar-refractivity contribution in [1.29, 1.82) is 0 Å². The molecule has 13 nitrogen and oxygen atoms in total. The molecule has 0 spiro atoms. The molecule has 0 aromatic rings. The van der Waals surface area contributed by atoms with Gasteiger partial charge in [0.25, 0.3) is 11.6 Å². The van der Waals surface area contributed by atoms with Crippen molar-refractivity contribution in [2.24, 2.45) is 64.6 Å². The zero-order valence-electron chi connectivity index (χ0n) is 45.8. The first-order chi connectivity index (χ1) is 34.5. The predicted molar refractivity (Wildman–Crippen MR) is 253 cm³/mol. The maximum atomic E-state index is 12.4. The van der Waals surface area contributed by atoms with E-state index in [-0.39, 0.29) is 80.5 Å². The molecule has 4 bridgehead atoms. The Morgan fingerprint density at radius 1 is 0.447 bits per heavy atom. The van der Waals surface area contributed by atoms with Gasteiger partial charge in [0.2, 0.25) is 0 Å². The van der Waals surface area contributed by atoms with Gasteiger partial charge in [-0.05, 0) is 152 Å². The maximum Gasteiger partial charge on any atom is 0.425 e. The number of fused-ring (bicyclic) bond motifs is 4. The van der Waals surface area contributed by atoms with Crippen LogP contribution in [0.5, 0.6) is 0 Å². The average molecular weight is 1130 g/mol. The Balaban J connectivity index is 0. The highest BCUT2D eigenvalue weighted by Crippen LogP contribution is 2.54. The van der Waals surface area contributed by atoms with Gasteiger partial charge in [-0.2, -0.15) is 52.7 Å². The summed E-state index contributed by atoms with van der Waals surface area (Å²) < 4.78 is 157. The van der Waals surface area contributed by atoms with Crippen LogP contribution in [0.3, 0.4) is 0 Å². The number of hydrogen-bond acceptors (Lipinski definition) is 11. The van der Waals surface area contributed by atoms with Gasteiger partial charge in [0.05, 0.1) is 32.0 Å². The van der Waals surface area contributed by atoms with Crippen molar-refractivity contribution in [1.82, 2.24) is 0 Å². The van der Waals surface area contributed by atoms with E-state index in [2.05, 4.69) is 30.2 Å². The van der Waals surface area contributed by atoms with Crippen molar-refractivity contribution in [2.75, 3.05) is 14.2 Å². The summed E-state index contributed by atoms with van der Waals surface area (Å²) in [6.45, 7) is 14.5. The number of alkyl halides is 12. The fourth-order valence-electron chi connectivity index (χ4n) is 9.47. The zero-order chi connectivity index (χ0) is 60.1. The third-order valence-electron chi connectivity index (χ3n) is 14.7. The Hall–Kier alpha value is -4.06. The third-order valence-corrected chi connectivity index (χ3v) is 14.7. The minimum atomic E-state index is -5.69. The molecule has 0 aliphatic heterocycles. The first-order valence-corrected chi connectivity index (χ1v) is 25.4. The minimum absolute atomic E-state index is 0.0206. The number of esters is 4. The highest BCUT2D eigenvalue weighted by molar-refractivity contribution is 5.83. The van der Waals surface area contributed by atoms with Crippen molar-refractivity contribution in [3.05, 3.63) is 0 Å². The fraction of sp³-hybridized carbons (Fsp3) is 0.882. The number of hydrogen-bond donors (Lipinski definition) is 3. The van der Waals surface area contributed by atoms with Gasteiger partial charge in [-0.3, -0.25) is 28.8 Å². The second-order valence-electron chi connectivity index (χ2n) is 20.7. The standard InChI is InChI=1S/C16H24O4.C16H26O2.C5H6F6.C4H4F6O.2C3H6O2.C2H4O2.C2H6/c1-9-2-6-12(7-3-9)20-16(19)14-11-5-4-10(8-11)13(14)15(17)18;1-10-3-7-14(8-4-10)18-16(17)15-11(2)12-5-6-13(15)9-12;1-3(2,4(6,7)8)5(9,10)11;1-2(11,3(5,6)7)4(8,9)10;2*1-3(4)5-2;1-2(3)4;1-2/h9-14H,2-8H2,1H3,(H,17,18);10-15H,3-9H2,1-2H3;1-2H3;11H,1H3;2*1-2H3;1H3,(H,3,4);1-2H3. The molecule has 0 saturated heterocycles. The van der Waals surface area contributed by atoms with Gasteiger partial charge in [0, 0.05) is 20.8 Å². The van der Waals surface area contributed by atoms with Crippen LogP contribution in [0.25, 0.3) is 0 Å². The smallest absolute Gasteiger partial charge is 0.425 e. The first-order valence-electron chi connectivity index (χ1n) is 25.4. The number of carbonyl (C=O) groups excluding carboxylic acids is 4. The van der Waals surface area contributed by atoms with E-state index in [9.17, 15) is 81.8 Å². The topological polar surface area (TPSA) is 200 Å². The van der Waals surface area contributed by atoms with Gasteiger partial charge in [0.1, 0.15) is 12.2 Å². The molecule has 6 saturated carbocycles. The molecular weight excluding hydrogens is 1050 g/mol. The molecule has 3 N–H and O–H groups in total. The van der Waals surface area contributed by atoms with E-state index in [1.54, 1.807) is 0 Å². The minimum Gasteiger partial charge on any atom is -0.481 e. The lowest BCUT2D eigenvalue weighted by molar-refractivity contribution is -0.360. The van der Waals surface area contributed by atoms with E-state index in [0.717, 1.165) is 82.5 Å². The molecule has 76 heavy (non-hydrogen) atoms. The van der Waals surface area contributed by atoms with Crippen molar-refractivity contribution in [3.63, 3.8) is 0 Å². The van der Waals surface area contributed by atoms with Gasteiger partial charge in [0.15, 0.2) is 5.41 Å². The molecule has 6 aliphatic carbocycles. The third kappa shape index (κ3) is 23.9. The van der Waals surface area contributed by atoms with E-state index in [1.807, 2.05) is 13.8 Å². The van der Waals surface area contributed by atoms with Crippen LogP contribution in [0.4, 0.5) is 52.7 Å². The monoisotopic (exact) mass is 1130 g/mol. The lowest BCUT2D eigenvalue weighted by Gasteiger charge is -2.31. The SMILES string of the molecule is CC.CC(=O)O.CC(C)(C(F)(F)F)C(F)(F)F.CC(O)(C(F)(F)F)C(F)(F)F.CC1CCC(OC(=O)C2C3CCC(C3)C2C(=O)O)CC1.CC1CCC(OC(=O)C2C3CCC(C3)C2C)CC1.COC(C)=O.COC(C)=O. The quantitative estimate of drug-likeness (QED) is 0.134. The summed E-state index contributed by atoms with van der Waals surface area (Å²) in [5.74, 6) is 1.11. The summed E-state index contributed by atoms with van der Waals surface area (Å²) >= 11 is 0. The molecule has 8 unspecified atom stereocenters. The summed E-state index contributed by atoms with van der Waals surface area (Å²) in [5.41, 5.74) is -8.25. The molecule has 0 amide bonds. The Morgan fingerprint density at radius 3 is 0.934 bits per heavy atom. The zero-order valence-corrected chi connectivity index (χ0v) is 45.8. The van der Waals surface area contributed by atoms with E-state index >= 15 is 0 Å². The number of carboxylic acid groups (broad SMARTS) is 2. The van der Waals surface area contributed by atoms with E-state index in [0.29, 0.717) is 11.8 Å². The summed E-state index contributed by atoms with van der Waals surface area (Å²) in [6.07, 6.45) is -6.17. The van der Waals surface area contributed by atoms with Crippen LogP contribution in [-0.2, 0) is 47.7 Å². The second kappa shape index (κ2) is 32.1. The van der Waals surface area contributed by atoms with Gasteiger partial charge in [-0.15, -0.1) is 0 Å². The van der Waals surface area contributed by atoms with Crippen LogP contribution in [0.2, 0.25) is 0 Å². The number of halogens is 12. The molecule has 0 aromatic carbocycles. The van der Waals surface area contributed by atoms with Crippen LogP contribution in [0.15, 0.2) is 0 Å². The number of aliphatic hydroxyl groups is 1. The average Bonchev–Trinajstić information content (AvgIpc) is 4.11. The van der Waals surface area contributed by atoms with Crippen LogP contribution >= 0.6 is 0 Å². The van der Waals surface area contributed by atoms with E-state index in [4.69, 9.17) is 24.5 Å².